The van der Waals surface area contributed by atoms with Crippen molar-refractivity contribution in [3.8, 4) is 0 Å². The van der Waals surface area contributed by atoms with E-state index >= 15 is 0 Å². The Balaban J connectivity index is 2.44. The Bertz CT molecular complexity index is 158. The van der Waals surface area contributed by atoms with Crippen LogP contribution in [-0.2, 0) is 0 Å². The summed E-state index contributed by atoms with van der Waals surface area (Å²) in [6, 6.07) is 0.558. The molecule has 3 N–H and O–H groups in total. The summed E-state index contributed by atoms with van der Waals surface area (Å²) in [5, 5.41) is 0. The monoisotopic (exact) mass is 226 g/mol. The van der Waals surface area contributed by atoms with Gasteiger partial charge >= 0.3 is 0 Å². The quantitative estimate of drug-likeness (QED) is 0.412. The van der Waals surface area contributed by atoms with Gasteiger partial charge in [-0.25, -0.2) is 0 Å². The van der Waals surface area contributed by atoms with E-state index in [1.807, 2.05) is 0 Å². The van der Waals surface area contributed by atoms with Crippen molar-refractivity contribution in [3.63, 3.8) is 0 Å². The van der Waals surface area contributed by atoms with Gasteiger partial charge in [-0.1, -0.05) is 52.4 Å². The van der Waals surface area contributed by atoms with Gasteiger partial charge in [-0.3, -0.25) is 11.3 Å². The third kappa shape index (κ3) is 4.42. The highest BCUT2D eigenvalue weighted by Gasteiger charge is 2.23. The SMILES string of the molecule is CCC(CC)CC(NN)C1CCCCCC1. The Morgan fingerprint density at radius 2 is 1.62 bits per heavy atom. The summed E-state index contributed by atoms with van der Waals surface area (Å²) >= 11 is 0. The molecule has 0 amide bonds. The highest BCUT2D eigenvalue weighted by atomic mass is 15.2. The maximum atomic E-state index is 5.76. The van der Waals surface area contributed by atoms with E-state index < -0.39 is 0 Å². The van der Waals surface area contributed by atoms with Crippen molar-refractivity contribution in [1.29, 1.82) is 0 Å². The lowest BCUT2D eigenvalue weighted by Gasteiger charge is -2.28. The summed E-state index contributed by atoms with van der Waals surface area (Å²) in [5.74, 6) is 7.44. The van der Waals surface area contributed by atoms with Crippen LogP contribution in [0.1, 0.15) is 71.6 Å². The van der Waals surface area contributed by atoms with E-state index in [1.165, 1.54) is 57.8 Å². The fourth-order valence-electron chi connectivity index (χ4n) is 3.09. The molecule has 0 radical (unpaired) electrons. The fourth-order valence-corrected chi connectivity index (χ4v) is 3.09. The molecule has 1 rings (SSSR count). The van der Waals surface area contributed by atoms with Crippen LogP contribution in [0, 0.1) is 11.8 Å². The first-order valence-electron chi connectivity index (χ1n) is 7.27. The highest BCUT2D eigenvalue weighted by molar-refractivity contribution is 4.79. The van der Waals surface area contributed by atoms with Gasteiger partial charge in [0.1, 0.15) is 0 Å². The van der Waals surface area contributed by atoms with Crippen LogP contribution in [0.5, 0.6) is 0 Å². The molecule has 16 heavy (non-hydrogen) atoms. The van der Waals surface area contributed by atoms with Crippen LogP contribution in [0.4, 0.5) is 0 Å². The molecule has 1 aliphatic rings. The molecule has 0 saturated heterocycles. The van der Waals surface area contributed by atoms with Gasteiger partial charge < -0.3 is 0 Å². The van der Waals surface area contributed by atoms with Gasteiger partial charge in [0.25, 0.3) is 0 Å². The van der Waals surface area contributed by atoms with Crippen LogP contribution in [0.2, 0.25) is 0 Å². The minimum Gasteiger partial charge on any atom is -0.271 e. The first kappa shape index (κ1) is 14.0. The van der Waals surface area contributed by atoms with E-state index in [1.54, 1.807) is 0 Å². The number of hydrazine groups is 1. The smallest absolute Gasteiger partial charge is 0.0241 e. The average Bonchev–Trinajstić information content (AvgIpc) is 2.60. The number of nitrogens with two attached hydrogens (primary N) is 1. The third-order valence-corrected chi connectivity index (χ3v) is 4.42. The molecule has 1 fully saturated rings. The molecule has 0 spiro atoms. The Labute approximate surface area is 101 Å². The first-order chi connectivity index (χ1) is 7.81. The van der Waals surface area contributed by atoms with Crippen LogP contribution < -0.4 is 11.3 Å². The van der Waals surface area contributed by atoms with Crippen molar-refractivity contribution >= 4 is 0 Å². The van der Waals surface area contributed by atoms with Crippen LogP contribution in [0.15, 0.2) is 0 Å². The summed E-state index contributed by atoms with van der Waals surface area (Å²) in [7, 11) is 0. The zero-order valence-electron chi connectivity index (χ0n) is 11.2. The van der Waals surface area contributed by atoms with Gasteiger partial charge in [0, 0.05) is 6.04 Å². The van der Waals surface area contributed by atoms with Crippen molar-refractivity contribution in [2.45, 2.75) is 77.7 Å². The largest absolute Gasteiger partial charge is 0.271 e. The number of hydrogen-bond acceptors (Lipinski definition) is 2. The van der Waals surface area contributed by atoms with Gasteiger partial charge in [0.2, 0.25) is 0 Å². The fraction of sp³-hybridized carbons (Fsp3) is 1.00. The van der Waals surface area contributed by atoms with Crippen molar-refractivity contribution in [3.05, 3.63) is 0 Å². The zero-order chi connectivity index (χ0) is 11.8. The summed E-state index contributed by atoms with van der Waals surface area (Å²) in [5.41, 5.74) is 3.10. The minimum absolute atomic E-state index is 0.558. The van der Waals surface area contributed by atoms with E-state index in [0.717, 1.165) is 11.8 Å². The third-order valence-electron chi connectivity index (χ3n) is 4.42. The van der Waals surface area contributed by atoms with E-state index in [2.05, 4.69) is 19.3 Å². The lowest BCUT2D eigenvalue weighted by Crippen LogP contribution is -2.42. The Morgan fingerprint density at radius 3 is 2.06 bits per heavy atom. The topological polar surface area (TPSA) is 38.0 Å². The standard InChI is InChI=1S/C14H30N2/c1-3-12(4-2)11-14(16-15)13-9-7-5-6-8-10-13/h12-14,16H,3-11,15H2,1-2H3. The minimum atomic E-state index is 0.558. The van der Waals surface area contributed by atoms with Crippen molar-refractivity contribution in [1.82, 2.24) is 5.43 Å². The van der Waals surface area contributed by atoms with Crippen LogP contribution in [0.3, 0.4) is 0 Å². The molecular formula is C14H30N2. The lowest BCUT2D eigenvalue weighted by atomic mass is 9.84. The molecule has 0 aromatic carbocycles. The van der Waals surface area contributed by atoms with E-state index in [0.29, 0.717) is 6.04 Å². The molecule has 0 aliphatic heterocycles. The van der Waals surface area contributed by atoms with Crippen molar-refractivity contribution in [2.75, 3.05) is 0 Å². The molecule has 2 heteroatoms. The summed E-state index contributed by atoms with van der Waals surface area (Å²) in [6.45, 7) is 4.60. The Hall–Kier alpha value is -0.0800. The second kappa shape index (κ2) is 8.08. The molecule has 96 valence electrons. The van der Waals surface area contributed by atoms with Crippen molar-refractivity contribution in [2.24, 2.45) is 17.7 Å². The maximum absolute atomic E-state index is 5.76. The van der Waals surface area contributed by atoms with Gasteiger partial charge in [0.05, 0.1) is 0 Å². The predicted molar refractivity (Wildman–Crippen MR) is 71.0 cm³/mol. The lowest BCUT2D eigenvalue weighted by molar-refractivity contribution is 0.263. The summed E-state index contributed by atoms with van der Waals surface area (Å²) in [4.78, 5) is 0. The average molecular weight is 226 g/mol. The Kier molecular flexibility index (Phi) is 7.06. The van der Waals surface area contributed by atoms with E-state index in [-0.39, 0.29) is 0 Å². The maximum Gasteiger partial charge on any atom is 0.0241 e. The van der Waals surface area contributed by atoms with Crippen LogP contribution in [0.25, 0.3) is 0 Å². The second-order valence-corrected chi connectivity index (χ2v) is 5.44. The number of hydrogen-bond donors (Lipinski definition) is 2. The molecule has 1 saturated carbocycles. The summed E-state index contributed by atoms with van der Waals surface area (Å²) in [6.07, 6.45) is 12.3. The van der Waals surface area contributed by atoms with Gasteiger partial charge in [0.15, 0.2) is 0 Å². The molecule has 0 bridgehead atoms. The van der Waals surface area contributed by atoms with Gasteiger partial charge in [-0.15, -0.1) is 0 Å². The molecule has 1 aliphatic carbocycles. The normalized spacial score (nSPS) is 21.0. The van der Waals surface area contributed by atoms with E-state index in [9.17, 15) is 0 Å². The Morgan fingerprint density at radius 1 is 1.06 bits per heavy atom. The molecule has 1 unspecified atom stereocenters. The van der Waals surface area contributed by atoms with E-state index in [4.69, 9.17) is 5.84 Å². The molecule has 0 heterocycles. The molecule has 0 aromatic heterocycles. The molecule has 2 nitrogen and oxygen atoms in total. The second-order valence-electron chi connectivity index (χ2n) is 5.44. The highest BCUT2D eigenvalue weighted by Crippen LogP contribution is 2.29. The first-order valence-corrected chi connectivity index (χ1v) is 7.27. The zero-order valence-corrected chi connectivity index (χ0v) is 11.2. The van der Waals surface area contributed by atoms with Gasteiger partial charge in [-0.2, -0.15) is 0 Å². The van der Waals surface area contributed by atoms with Crippen molar-refractivity contribution < 1.29 is 0 Å². The number of rotatable bonds is 6. The molecule has 0 aromatic rings. The van der Waals surface area contributed by atoms with Crippen LogP contribution in [-0.4, -0.2) is 6.04 Å². The predicted octanol–water partition coefficient (Wildman–Crippen LogP) is 3.62. The summed E-state index contributed by atoms with van der Waals surface area (Å²) < 4.78 is 0. The molecule has 1 atom stereocenters. The number of nitrogens with one attached hydrogen (secondary N) is 1. The molecular weight excluding hydrogens is 196 g/mol. The van der Waals surface area contributed by atoms with Crippen LogP contribution >= 0.6 is 0 Å². The van der Waals surface area contributed by atoms with Gasteiger partial charge in [-0.05, 0) is 31.1 Å².